The summed E-state index contributed by atoms with van der Waals surface area (Å²) < 4.78 is 0. The third-order valence-electron chi connectivity index (χ3n) is 3.11. The van der Waals surface area contributed by atoms with Gasteiger partial charge < -0.3 is 5.32 Å². The Morgan fingerprint density at radius 1 is 1.38 bits per heavy atom. The first-order valence-electron chi connectivity index (χ1n) is 7.03. The molecule has 1 amide bonds. The molecule has 0 saturated heterocycles. The van der Waals surface area contributed by atoms with E-state index in [1.54, 1.807) is 11.8 Å². The molecule has 2 heterocycles. The van der Waals surface area contributed by atoms with E-state index in [4.69, 9.17) is 0 Å². The minimum absolute atomic E-state index is 0.0315. The summed E-state index contributed by atoms with van der Waals surface area (Å²) in [5.74, 6) is 0.0315. The number of anilines is 1. The van der Waals surface area contributed by atoms with Crippen molar-refractivity contribution in [2.75, 3.05) is 18.0 Å². The Balaban J connectivity index is 1.79. The predicted octanol–water partition coefficient (Wildman–Crippen LogP) is 2.24. The van der Waals surface area contributed by atoms with Crippen LogP contribution >= 0.6 is 11.3 Å². The first-order chi connectivity index (χ1) is 10.2. The molecule has 0 bridgehead atoms. The van der Waals surface area contributed by atoms with Gasteiger partial charge in [0, 0.05) is 37.8 Å². The van der Waals surface area contributed by atoms with Crippen LogP contribution in [-0.4, -0.2) is 29.0 Å². The van der Waals surface area contributed by atoms with Gasteiger partial charge in [-0.3, -0.25) is 14.7 Å². The van der Waals surface area contributed by atoms with Crippen LogP contribution in [0.3, 0.4) is 0 Å². The molecule has 2 aromatic rings. The first-order valence-corrected chi connectivity index (χ1v) is 7.90. The number of carbonyl (C=O) groups excluding carboxylic acids is 1. The van der Waals surface area contributed by atoms with Crippen molar-refractivity contribution in [3.8, 4) is 0 Å². The maximum Gasteiger partial charge on any atom is 0.225 e. The average Bonchev–Trinajstić information content (AvgIpc) is 2.94. The molecule has 0 aromatic carbocycles. The Hall–Kier alpha value is -1.79. The molecule has 5 nitrogen and oxygen atoms in total. The number of thiazole rings is 1. The molecular weight excluding hydrogens is 284 g/mol. The maximum atomic E-state index is 11.5. The lowest BCUT2D eigenvalue weighted by Gasteiger charge is -2.14. The zero-order valence-corrected chi connectivity index (χ0v) is 13.2. The van der Waals surface area contributed by atoms with E-state index in [1.165, 1.54) is 16.9 Å². The van der Waals surface area contributed by atoms with Gasteiger partial charge in [-0.15, -0.1) is 11.3 Å². The largest absolute Gasteiger partial charge is 0.311 e. The van der Waals surface area contributed by atoms with E-state index >= 15 is 0 Å². The number of hydrogen-bond acceptors (Lipinski definition) is 5. The quantitative estimate of drug-likeness (QED) is 0.797. The molecule has 0 aliphatic rings. The van der Waals surface area contributed by atoms with Crippen LogP contribution in [0.1, 0.15) is 25.1 Å². The van der Waals surface area contributed by atoms with Crippen LogP contribution in [0.25, 0.3) is 0 Å². The van der Waals surface area contributed by atoms with Gasteiger partial charge in [0.15, 0.2) is 5.13 Å². The zero-order valence-electron chi connectivity index (χ0n) is 12.4. The lowest BCUT2D eigenvalue weighted by atomic mass is 10.2. The number of nitrogens with one attached hydrogen (secondary N) is 1. The normalized spacial score (nSPS) is 10.6. The van der Waals surface area contributed by atoms with Crippen molar-refractivity contribution in [3.05, 3.63) is 41.2 Å². The summed E-state index contributed by atoms with van der Waals surface area (Å²) in [5, 5.41) is 6.14. The molecule has 2 aromatic heterocycles. The van der Waals surface area contributed by atoms with E-state index in [-0.39, 0.29) is 5.91 Å². The van der Waals surface area contributed by atoms with Crippen molar-refractivity contribution in [1.29, 1.82) is 0 Å². The van der Waals surface area contributed by atoms with Crippen molar-refractivity contribution in [2.24, 2.45) is 0 Å². The van der Waals surface area contributed by atoms with Crippen molar-refractivity contribution in [2.45, 2.75) is 26.8 Å². The molecule has 21 heavy (non-hydrogen) atoms. The van der Waals surface area contributed by atoms with Gasteiger partial charge in [0.25, 0.3) is 0 Å². The molecule has 0 aliphatic carbocycles. The van der Waals surface area contributed by atoms with Gasteiger partial charge in [0.1, 0.15) is 0 Å². The molecule has 112 valence electrons. The molecule has 0 spiro atoms. The van der Waals surface area contributed by atoms with Gasteiger partial charge in [-0.25, -0.2) is 4.98 Å². The summed E-state index contributed by atoms with van der Waals surface area (Å²) in [6.45, 7) is 5.78. The van der Waals surface area contributed by atoms with E-state index in [0.717, 1.165) is 30.3 Å². The molecule has 0 unspecified atom stereocenters. The SMILES string of the molecule is CCN(C(C)=O)c1nc(CNCCc2ccncc2)cs1. The van der Waals surface area contributed by atoms with E-state index < -0.39 is 0 Å². The van der Waals surface area contributed by atoms with Crippen LogP contribution in [0.2, 0.25) is 0 Å². The van der Waals surface area contributed by atoms with Gasteiger partial charge in [-0.05, 0) is 37.6 Å². The van der Waals surface area contributed by atoms with E-state index in [9.17, 15) is 4.79 Å². The molecule has 6 heteroatoms. The van der Waals surface area contributed by atoms with Crippen LogP contribution in [0.5, 0.6) is 0 Å². The summed E-state index contributed by atoms with van der Waals surface area (Å²) in [5.41, 5.74) is 2.25. The first kappa shape index (κ1) is 15.6. The lowest BCUT2D eigenvalue weighted by molar-refractivity contribution is -0.116. The zero-order chi connectivity index (χ0) is 15.1. The second kappa shape index (κ2) is 7.85. The highest BCUT2D eigenvalue weighted by Crippen LogP contribution is 2.20. The fourth-order valence-electron chi connectivity index (χ4n) is 1.99. The van der Waals surface area contributed by atoms with Gasteiger partial charge >= 0.3 is 0 Å². The van der Waals surface area contributed by atoms with E-state index in [1.807, 2.05) is 36.8 Å². The Bertz CT molecular complexity index is 570. The van der Waals surface area contributed by atoms with Gasteiger partial charge in [0.05, 0.1) is 5.69 Å². The summed E-state index contributed by atoms with van der Waals surface area (Å²) >= 11 is 1.51. The maximum absolute atomic E-state index is 11.5. The van der Waals surface area contributed by atoms with Crippen molar-refractivity contribution < 1.29 is 4.79 Å². The molecule has 0 atom stereocenters. The van der Waals surface area contributed by atoms with Crippen LogP contribution in [0.4, 0.5) is 5.13 Å². The molecule has 0 radical (unpaired) electrons. The van der Waals surface area contributed by atoms with E-state index in [2.05, 4.69) is 15.3 Å². The van der Waals surface area contributed by atoms with Crippen LogP contribution in [0, 0.1) is 0 Å². The summed E-state index contributed by atoms with van der Waals surface area (Å²) in [7, 11) is 0. The number of hydrogen-bond donors (Lipinski definition) is 1. The Kier molecular flexibility index (Phi) is 5.83. The second-order valence-corrected chi connectivity index (χ2v) is 5.50. The highest BCUT2D eigenvalue weighted by Gasteiger charge is 2.12. The molecule has 2 rings (SSSR count). The van der Waals surface area contributed by atoms with Crippen molar-refractivity contribution >= 4 is 22.4 Å². The monoisotopic (exact) mass is 304 g/mol. The fourth-order valence-corrected chi connectivity index (χ4v) is 2.93. The Morgan fingerprint density at radius 2 is 2.14 bits per heavy atom. The molecule has 0 saturated carbocycles. The van der Waals surface area contributed by atoms with Crippen LogP contribution in [0.15, 0.2) is 29.9 Å². The fraction of sp³-hybridized carbons (Fsp3) is 0.400. The second-order valence-electron chi connectivity index (χ2n) is 4.67. The van der Waals surface area contributed by atoms with Gasteiger partial charge in [0.2, 0.25) is 5.91 Å². The van der Waals surface area contributed by atoms with Gasteiger partial charge in [-0.1, -0.05) is 0 Å². The third-order valence-corrected chi connectivity index (χ3v) is 4.03. The van der Waals surface area contributed by atoms with Crippen LogP contribution < -0.4 is 10.2 Å². The standard InChI is InChI=1S/C15H20N4OS/c1-3-19(12(2)20)15-18-14(11-21-15)10-17-9-6-13-4-7-16-8-5-13/h4-5,7-8,11,17H,3,6,9-10H2,1-2H3. The lowest BCUT2D eigenvalue weighted by Crippen LogP contribution is -2.27. The van der Waals surface area contributed by atoms with E-state index in [0.29, 0.717) is 6.54 Å². The summed E-state index contributed by atoms with van der Waals surface area (Å²) in [6.07, 6.45) is 4.58. The number of aromatic nitrogens is 2. The number of rotatable bonds is 7. The number of amides is 1. The van der Waals surface area contributed by atoms with Gasteiger partial charge in [-0.2, -0.15) is 0 Å². The number of nitrogens with zero attached hydrogens (tertiary/aromatic N) is 3. The number of carbonyl (C=O) groups is 1. The third kappa shape index (κ3) is 4.61. The smallest absolute Gasteiger partial charge is 0.225 e. The van der Waals surface area contributed by atoms with Crippen molar-refractivity contribution in [3.63, 3.8) is 0 Å². The molecule has 0 aliphatic heterocycles. The molecule has 1 N–H and O–H groups in total. The minimum atomic E-state index is 0.0315. The molecule has 0 fully saturated rings. The van der Waals surface area contributed by atoms with Crippen LogP contribution in [-0.2, 0) is 17.8 Å². The highest BCUT2D eigenvalue weighted by molar-refractivity contribution is 7.14. The highest BCUT2D eigenvalue weighted by atomic mass is 32.1. The minimum Gasteiger partial charge on any atom is -0.311 e. The Labute approximate surface area is 129 Å². The average molecular weight is 304 g/mol. The Morgan fingerprint density at radius 3 is 2.81 bits per heavy atom. The number of pyridine rings is 1. The molecular formula is C15H20N4OS. The topological polar surface area (TPSA) is 58.1 Å². The summed E-state index contributed by atoms with van der Waals surface area (Å²) in [4.78, 5) is 21.7. The van der Waals surface area contributed by atoms with Crippen molar-refractivity contribution in [1.82, 2.24) is 15.3 Å². The predicted molar refractivity (Wildman–Crippen MR) is 85.5 cm³/mol. The summed E-state index contributed by atoms with van der Waals surface area (Å²) in [6, 6.07) is 4.04.